The Hall–Kier alpha value is -8.28. The number of ether oxygens (including phenoxy) is 1. The number of rotatable bonds is 5. The Morgan fingerprint density at radius 2 is 0.967 bits per heavy atom. The molecule has 1 aliphatic heterocycles. The first-order valence-corrected chi connectivity index (χ1v) is 20.7. The molecular formula is C56H34N4O. The van der Waals surface area contributed by atoms with Crippen LogP contribution >= 0.6 is 0 Å². The van der Waals surface area contributed by atoms with Gasteiger partial charge in [-0.15, -0.1) is 0 Å². The molecular weight excluding hydrogens is 745 g/mol. The summed E-state index contributed by atoms with van der Waals surface area (Å²) in [5.41, 5.74) is 13.0. The van der Waals surface area contributed by atoms with Crippen molar-refractivity contribution in [3.05, 3.63) is 206 Å². The van der Waals surface area contributed by atoms with Gasteiger partial charge in [0.2, 0.25) is 0 Å². The highest BCUT2D eigenvalue weighted by molar-refractivity contribution is 6.26. The molecule has 0 spiro atoms. The van der Waals surface area contributed by atoms with Crippen LogP contribution in [-0.4, -0.2) is 19.1 Å². The molecule has 0 bridgehead atoms. The third-order valence-corrected chi connectivity index (χ3v) is 12.3. The molecule has 1 aliphatic rings. The van der Waals surface area contributed by atoms with Gasteiger partial charge < -0.3 is 9.30 Å². The molecule has 0 fully saturated rings. The Bertz CT molecular complexity index is 3660. The number of fused-ring (bicyclic) bond motifs is 9. The van der Waals surface area contributed by atoms with E-state index in [9.17, 15) is 0 Å². The molecule has 284 valence electrons. The Balaban J connectivity index is 1.06. The zero-order valence-electron chi connectivity index (χ0n) is 32.8. The van der Waals surface area contributed by atoms with Gasteiger partial charge in [-0.2, -0.15) is 0 Å². The second-order valence-corrected chi connectivity index (χ2v) is 15.7. The zero-order valence-corrected chi connectivity index (χ0v) is 32.8. The summed E-state index contributed by atoms with van der Waals surface area (Å²) in [4.78, 5) is 10.4. The van der Waals surface area contributed by atoms with E-state index in [1.807, 2.05) is 30.3 Å². The smallest absolute Gasteiger partial charge is 0.162 e. The van der Waals surface area contributed by atoms with E-state index < -0.39 is 0 Å². The second-order valence-electron chi connectivity index (χ2n) is 15.7. The van der Waals surface area contributed by atoms with Gasteiger partial charge in [0.05, 0.1) is 27.8 Å². The molecule has 9 aromatic carbocycles. The molecule has 0 unspecified atom stereocenters. The van der Waals surface area contributed by atoms with Gasteiger partial charge in [-0.25, -0.2) is 9.97 Å². The quantitative estimate of drug-likeness (QED) is 0.175. The number of hydrogen-bond donors (Lipinski definition) is 0. The van der Waals surface area contributed by atoms with Crippen LogP contribution in [0.4, 0.5) is 0 Å². The van der Waals surface area contributed by atoms with E-state index in [1.54, 1.807) is 0 Å². The van der Waals surface area contributed by atoms with Gasteiger partial charge in [-0.3, -0.25) is 4.57 Å². The fourth-order valence-corrected chi connectivity index (χ4v) is 9.60. The molecule has 61 heavy (non-hydrogen) atoms. The molecule has 0 aliphatic carbocycles. The fourth-order valence-electron chi connectivity index (χ4n) is 9.60. The standard InChI is InChI=1S/C56H34N4O/c1-4-15-35(16-5-1)46-34-53(58-56(57-46)36-17-6-2-7-18-36)60-47-24-12-10-21-40(47)41-29-27-37(31-48(41)60)38-28-30-43-49(32-38)59(39-19-8-3-9-20-39)50-33-45-42-22-11-13-25-51(42)61-52-26-14-23-44(54(43)50)55(45)52/h1-34H. The van der Waals surface area contributed by atoms with Crippen molar-refractivity contribution in [1.82, 2.24) is 19.1 Å². The van der Waals surface area contributed by atoms with E-state index >= 15 is 0 Å². The number of aromatic nitrogens is 4. The molecule has 0 saturated carbocycles. The van der Waals surface area contributed by atoms with Crippen LogP contribution in [0, 0.1) is 0 Å². The maximum absolute atomic E-state index is 6.52. The number of benzene rings is 9. The van der Waals surface area contributed by atoms with Crippen molar-refractivity contribution in [2.24, 2.45) is 0 Å². The van der Waals surface area contributed by atoms with Crippen molar-refractivity contribution < 1.29 is 4.74 Å². The van der Waals surface area contributed by atoms with Crippen LogP contribution in [0.3, 0.4) is 0 Å². The molecule has 0 atom stereocenters. The van der Waals surface area contributed by atoms with Crippen LogP contribution in [0.25, 0.3) is 111 Å². The summed E-state index contributed by atoms with van der Waals surface area (Å²) in [6.45, 7) is 0. The van der Waals surface area contributed by atoms with Gasteiger partial charge in [0.15, 0.2) is 5.82 Å². The molecule has 0 N–H and O–H groups in total. The Morgan fingerprint density at radius 1 is 0.344 bits per heavy atom. The lowest BCUT2D eigenvalue weighted by atomic mass is 9.92. The normalized spacial score (nSPS) is 12.1. The third-order valence-electron chi connectivity index (χ3n) is 12.3. The van der Waals surface area contributed by atoms with E-state index in [-0.39, 0.29) is 0 Å². The highest BCUT2D eigenvalue weighted by atomic mass is 16.5. The summed E-state index contributed by atoms with van der Waals surface area (Å²) in [6, 6.07) is 73.1. The summed E-state index contributed by atoms with van der Waals surface area (Å²) in [7, 11) is 0. The molecule has 5 heteroatoms. The zero-order chi connectivity index (χ0) is 40.0. The topological polar surface area (TPSA) is 44.9 Å². The molecule has 0 saturated heterocycles. The molecule has 5 nitrogen and oxygen atoms in total. The maximum atomic E-state index is 6.52. The minimum atomic E-state index is 0.687. The lowest BCUT2D eigenvalue weighted by molar-refractivity contribution is 0.487. The summed E-state index contributed by atoms with van der Waals surface area (Å²) in [5.74, 6) is 3.28. The lowest BCUT2D eigenvalue weighted by Gasteiger charge is -2.22. The monoisotopic (exact) mass is 778 g/mol. The highest BCUT2D eigenvalue weighted by Crippen LogP contribution is 2.51. The van der Waals surface area contributed by atoms with Crippen LogP contribution in [-0.2, 0) is 0 Å². The van der Waals surface area contributed by atoms with Crippen LogP contribution in [0.5, 0.6) is 11.5 Å². The van der Waals surface area contributed by atoms with Crippen molar-refractivity contribution in [2.45, 2.75) is 0 Å². The summed E-state index contributed by atoms with van der Waals surface area (Å²) >= 11 is 0. The van der Waals surface area contributed by atoms with Crippen molar-refractivity contribution in [2.75, 3.05) is 0 Å². The number of hydrogen-bond acceptors (Lipinski definition) is 3. The van der Waals surface area contributed by atoms with Gasteiger partial charge in [-0.1, -0.05) is 152 Å². The number of para-hydroxylation sites is 3. The average Bonchev–Trinajstić information content (AvgIpc) is 3.84. The first kappa shape index (κ1) is 33.7. The summed E-state index contributed by atoms with van der Waals surface area (Å²) < 4.78 is 11.3. The average molecular weight is 779 g/mol. The predicted molar refractivity (Wildman–Crippen MR) is 250 cm³/mol. The maximum Gasteiger partial charge on any atom is 0.162 e. The van der Waals surface area contributed by atoms with Crippen LogP contribution in [0.1, 0.15) is 0 Å². The molecule has 0 amide bonds. The third kappa shape index (κ3) is 5.14. The van der Waals surface area contributed by atoms with Crippen molar-refractivity contribution in [3.63, 3.8) is 0 Å². The minimum Gasteiger partial charge on any atom is -0.456 e. The van der Waals surface area contributed by atoms with Crippen molar-refractivity contribution in [3.8, 4) is 67.9 Å². The second kappa shape index (κ2) is 13.1. The Morgan fingerprint density at radius 3 is 1.77 bits per heavy atom. The Labute approximate surface area is 351 Å². The van der Waals surface area contributed by atoms with Gasteiger partial charge in [0, 0.05) is 55.4 Å². The molecule has 12 aromatic rings. The first-order chi connectivity index (χ1) is 30.2. The summed E-state index contributed by atoms with van der Waals surface area (Å²) in [5, 5.41) is 7.10. The molecule has 13 rings (SSSR count). The Kier molecular flexibility index (Phi) is 7.24. The SMILES string of the molecule is c1ccc(-c2cc(-n3c4ccccc4c4ccc(-c5ccc6c7c8cccc9c8c(cc7n(-c7ccccc7)c6c5)-c5ccccc5O9)cc43)nc(-c3ccccc3)n2)cc1. The van der Waals surface area contributed by atoms with E-state index in [2.05, 4.69) is 185 Å². The fraction of sp³-hybridized carbons (Fsp3) is 0. The van der Waals surface area contributed by atoms with Crippen LogP contribution in [0.15, 0.2) is 206 Å². The first-order valence-electron chi connectivity index (χ1n) is 20.7. The van der Waals surface area contributed by atoms with Gasteiger partial charge in [-0.05, 0) is 70.6 Å². The van der Waals surface area contributed by atoms with Crippen molar-refractivity contribution >= 4 is 54.4 Å². The van der Waals surface area contributed by atoms with E-state index in [4.69, 9.17) is 14.7 Å². The van der Waals surface area contributed by atoms with Gasteiger partial charge >= 0.3 is 0 Å². The van der Waals surface area contributed by atoms with E-state index in [0.717, 1.165) is 84.0 Å². The van der Waals surface area contributed by atoms with Gasteiger partial charge in [0.1, 0.15) is 17.3 Å². The molecule has 0 radical (unpaired) electrons. The minimum absolute atomic E-state index is 0.687. The van der Waals surface area contributed by atoms with Crippen LogP contribution in [0.2, 0.25) is 0 Å². The largest absolute Gasteiger partial charge is 0.456 e. The van der Waals surface area contributed by atoms with Crippen molar-refractivity contribution in [1.29, 1.82) is 0 Å². The molecule has 4 heterocycles. The van der Waals surface area contributed by atoms with Crippen LogP contribution < -0.4 is 4.74 Å². The number of nitrogens with zero attached hydrogens (tertiary/aromatic N) is 4. The van der Waals surface area contributed by atoms with E-state index in [0.29, 0.717) is 5.82 Å². The lowest BCUT2D eigenvalue weighted by Crippen LogP contribution is -2.02. The predicted octanol–water partition coefficient (Wildman–Crippen LogP) is 14.6. The molecule has 3 aromatic heterocycles. The summed E-state index contributed by atoms with van der Waals surface area (Å²) in [6.07, 6.45) is 0. The van der Waals surface area contributed by atoms with Gasteiger partial charge in [0.25, 0.3) is 0 Å². The van der Waals surface area contributed by atoms with E-state index in [1.165, 1.54) is 32.5 Å². The highest BCUT2D eigenvalue weighted by Gasteiger charge is 2.25.